The van der Waals surface area contributed by atoms with E-state index < -0.39 is 4.92 Å². The molecule has 11 nitrogen and oxygen atoms in total. The van der Waals surface area contributed by atoms with Crippen molar-refractivity contribution >= 4 is 11.6 Å². The van der Waals surface area contributed by atoms with Gasteiger partial charge in [-0.15, -0.1) is 0 Å². The molecular formula is C18H14N8O3. The third kappa shape index (κ3) is 3.83. The molecule has 0 radical (unpaired) electrons. The van der Waals surface area contributed by atoms with Gasteiger partial charge in [0.1, 0.15) is 12.7 Å². The van der Waals surface area contributed by atoms with Gasteiger partial charge in [-0.2, -0.15) is 10.2 Å². The normalized spacial score (nSPS) is 10.6. The smallest absolute Gasteiger partial charge is 0.272 e. The van der Waals surface area contributed by atoms with Gasteiger partial charge in [-0.1, -0.05) is 6.07 Å². The van der Waals surface area contributed by atoms with Crippen molar-refractivity contribution in [3.8, 4) is 11.5 Å². The SMILES string of the molecule is O=C(NCc1cccnc1-n1cncn1)c1ccn(-c2ccc([N+](=O)[O-])cc2)n1. The largest absolute Gasteiger partial charge is 0.346 e. The summed E-state index contributed by atoms with van der Waals surface area (Å²) in [6.45, 7) is 0.228. The van der Waals surface area contributed by atoms with Gasteiger partial charge < -0.3 is 5.32 Å². The van der Waals surface area contributed by atoms with Crippen LogP contribution in [0.2, 0.25) is 0 Å². The number of nitro groups is 1. The lowest BCUT2D eigenvalue weighted by Gasteiger charge is -2.08. The number of benzene rings is 1. The molecule has 29 heavy (non-hydrogen) atoms. The molecule has 0 saturated carbocycles. The Morgan fingerprint density at radius 2 is 1.97 bits per heavy atom. The molecule has 0 atom stereocenters. The minimum Gasteiger partial charge on any atom is -0.346 e. The Morgan fingerprint density at radius 1 is 1.14 bits per heavy atom. The number of carbonyl (C=O) groups is 1. The van der Waals surface area contributed by atoms with Crippen molar-refractivity contribution in [2.24, 2.45) is 0 Å². The maximum Gasteiger partial charge on any atom is 0.272 e. The summed E-state index contributed by atoms with van der Waals surface area (Å²) in [5.74, 6) is 0.209. The van der Waals surface area contributed by atoms with E-state index in [9.17, 15) is 14.9 Å². The van der Waals surface area contributed by atoms with E-state index in [1.807, 2.05) is 6.07 Å². The molecule has 0 bridgehead atoms. The number of nitrogens with one attached hydrogen (secondary N) is 1. The Morgan fingerprint density at radius 3 is 2.69 bits per heavy atom. The zero-order chi connectivity index (χ0) is 20.2. The number of pyridine rings is 1. The lowest BCUT2D eigenvalue weighted by molar-refractivity contribution is -0.384. The third-order valence-corrected chi connectivity index (χ3v) is 4.09. The molecule has 0 aliphatic rings. The second kappa shape index (κ2) is 7.68. The van der Waals surface area contributed by atoms with E-state index >= 15 is 0 Å². The number of aromatic nitrogens is 6. The summed E-state index contributed by atoms with van der Waals surface area (Å²) < 4.78 is 2.99. The first-order valence-electron chi connectivity index (χ1n) is 8.49. The second-order valence-electron chi connectivity index (χ2n) is 5.93. The van der Waals surface area contributed by atoms with Gasteiger partial charge in [-0.25, -0.2) is 19.3 Å². The standard InChI is InChI=1S/C18H14N8O3/c27-18(21-10-13-2-1-8-20-17(13)25-12-19-11-22-25)16-7-9-24(23-16)14-3-5-15(6-4-14)26(28)29/h1-9,11-12H,10H2,(H,21,27). The highest BCUT2D eigenvalue weighted by atomic mass is 16.6. The first-order valence-corrected chi connectivity index (χ1v) is 8.49. The molecule has 0 saturated heterocycles. The first-order chi connectivity index (χ1) is 14.1. The fourth-order valence-electron chi connectivity index (χ4n) is 2.67. The van der Waals surface area contributed by atoms with Gasteiger partial charge in [0.15, 0.2) is 11.5 Å². The van der Waals surface area contributed by atoms with Crippen molar-refractivity contribution in [3.05, 3.63) is 88.9 Å². The number of nitrogens with zero attached hydrogens (tertiary/aromatic N) is 7. The van der Waals surface area contributed by atoms with Gasteiger partial charge in [0, 0.05) is 36.6 Å². The van der Waals surface area contributed by atoms with Crippen molar-refractivity contribution in [3.63, 3.8) is 0 Å². The van der Waals surface area contributed by atoms with Crippen LogP contribution < -0.4 is 5.32 Å². The van der Waals surface area contributed by atoms with Gasteiger partial charge in [-0.3, -0.25) is 14.9 Å². The topological polar surface area (TPSA) is 134 Å². The molecule has 3 aromatic heterocycles. The molecule has 0 aliphatic carbocycles. The number of non-ortho nitro benzene ring substituents is 1. The quantitative estimate of drug-likeness (QED) is 0.391. The van der Waals surface area contributed by atoms with Crippen molar-refractivity contribution in [2.45, 2.75) is 6.54 Å². The zero-order valence-electron chi connectivity index (χ0n) is 14.9. The molecule has 11 heteroatoms. The summed E-state index contributed by atoms with van der Waals surface area (Å²) in [5, 5.41) is 21.8. The summed E-state index contributed by atoms with van der Waals surface area (Å²) >= 11 is 0. The average Bonchev–Trinajstić information content (AvgIpc) is 3.44. The Balaban J connectivity index is 1.46. The molecule has 1 amide bonds. The number of rotatable bonds is 6. The van der Waals surface area contributed by atoms with Crippen LogP contribution in [0.1, 0.15) is 16.1 Å². The molecule has 3 heterocycles. The fraction of sp³-hybridized carbons (Fsp3) is 0.0556. The first kappa shape index (κ1) is 18.0. The molecule has 0 aliphatic heterocycles. The van der Waals surface area contributed by atoms with Gasteiger partial charge in [0.25, 0.3) is 11.6 Å². The van der Waals surface area contributed by atoms with Crippen molar-refractivity contribution < 1.29 is 9.72 Å². The van der Waals surface area contributed by atoms with Crippen LogP contribution in [-0.4, -0.2) is 40.4 Å². The molecule has 0 fully saturated rings. The number of hydrogen-bond donors (Lipinski definition) is 1. The Hall–Kier alpha value is -4.41. The minimum absolute atomic E-state index is 0.0153. The minimum atomic E-state index is -0.474. The average molecular weight is 390 g/mol. The zero-order valence-corrected chi connectivity index (χ0v) is 14.9. The van der Waals surface area contributed by atoms with E-state index in [1.54, 1.807) is 36.7 Å². The van der Waals surface area contributed by atoms with E-state index in [0.717, 1.165) is 5.56 Å². The number of amides is 1. The number of carbonyl (C=O) groups excluding carboxylic acids is 1. The van der Waals surface area contributed by atoms with Crippen LogP contribution in [0.5, 0.6) is 0 Å². The molecule has 1 aromatic carbocycles. The van der Waals surface area contributed by atoms with Crippen LogP contribution >= 0.6 is 0 Å². The molecular weight excluding hydrogens is 376 g/mol. The van der Waals surface area contributed by atoms with E-state index in [4.69, 9.17) is 0 Å². The summed E-state index contributed by atoms with van der Waals surface area (Å²) in [7, 11) is 0. The number of nitro benzene ring substituents is 1. The van der Waals surface area contributed by atoms with Crippen molar-refractivity contribution in [1.29, 1.82) is 0 Å². The monoisotopic (exact) mass is 390 g/mol. The Labute approximate surface area is 163 Å². The lowest BCUT2D eigenvalue weighted by atomic mass is 10.2. The Kier molecular flexibility index (Phi) is 4.76. The van der Waals surface area contributed by atoms with E-state index in [-0.39, 0.29) is 23.8 Å². The van der Waals surface area contributed by atoms with Crippen LogP contribution in [0.4, 0.5) is 5.69 Å². The highest BCUT2D eigenvalue weighted by Crippen LogP contribution is 2.15. The molecule has 4 aromatic rings. The molecule has 1 N–H and O–H groups in total. The van der Waals surface area contributed by atoms with Crippen LogP contribution in [-0.2, 0) is 6.54 Å². The molecule has 144 valence electrons. The van der Waals surface area contributed by atoms with Gasteiger partial charge >= 0.3 is 0 Å². The highest BCUT2D eigenvalue weighted by molar-refractivity contribution is 5.92. The molecule has 0 spiro atoms. The molecule has 0 unspecified atom stereocenters. The lowest BCUT2D eigenvalue weighted by Crippen LogP contribution is -2.24. The number of hydrogen-bond acceptors (Lipinski definition) is 7. The van der Waals surface area contributed by atoms with Crippen molar-refractivity contribution in [2.75, 3.05) is 0 Å². The van der Waals surface area contributed by atoms with E-state index in [0.29, 0.717) is 11.5 Å². The maximum absolute atomic E-state index is 12.5. The molecule has 4 rings (SSSR count). The second-order valence-corrected chi connectivity index (χ2v) is 5.93. The van der Waals surface area contributed by atoms with Gasteiger partial charge in [0.2, 0.25) is 0 Å². The Bertz CT molecular complexity index is 1150. The van der Waals surface area contributed by atoms with Crippen LogP contribution in [0.25, 0.3) is 11.5 Å². The third-order valence-electron chi connectivity index (χ3n) is 4.09. The van der Waals surface area contributed by atoms with Gasteiger partial charge in [0.05, 0.1) is 10.6 Å². The van der Waals surface area contributed by atoms with E-state index in [1.165, 1.54) is 34.2 Å². The highest BCUT2D eigenvalue weighted by Gasteiger charge is 2.13. The summed E-state index contributed by atoms with van der Waals surface area (Å²) in [5.41, 5.74) is 1.57. The van der Waals surface area contributed by atoms with E-state index in [2.05, 4.69) is 25.5 Å². The summed E-state index contributed by atoms with van der Waals surface area (Å²) in [6, 6.07) is 11.1. The summed E-state index contributed by atoms with van der Waals surface area (Å²) in [6.07, 6.45) is 6.18. The van der Waals surface area contributed by atoms with Crippen LogP contribution in [0.15, 0.2) is 67.5 Å². The summed E-state index contributed by atoms with van der Waals surface area (Å²) in [4.78, 5) is 30.9. The van der Waals surface area contributed by atoms with Crippen molar-refractivity contribution in [1.82, 2.24) is 34.8 Å². The van der Waals surface area contributed by atoms with Gasteiger partial charge in [-0.05, 0) is 24.3 Å². The van der Waals surface area contributed by atoms with Crippen LogP contribution in [0, 0.1) is 10.1 Å². The fourth-order valence-corrected chi connectivity index (χ4v) is 2.67. The maximum atomic E-state index is 12.5. The predicted octanol–water partition coefficient (Wildman–Crippen LogP) is 1.69. The predicted molar refractivity (Wildman–Crippen MR) is 101 cm³/mol. The van der Waals surface area contributed by atoms with Crippen LogP contribution in [0.3, 0.4) is 0 Å².